The van der Waals surface area contributed by atoms with Crippen molar-refractivity contribution in [3.8, 4) is 17.0 Å². The molecule has 0 aliphatic carbocycles. The van der Waals surface area contributed by atoms with Gasteiger partial charge in [-0.3, -0.25) is 9.69 Å². The first-order chi connectivity index (χ1) is 15.4. The summed E-state index contributed by atoms with van der Waals surface area (Å²) in [6.45, 7) is 5.04. The summed E-state index contributed by atoms with van der Waals surface area (Å²) >= 11 is 13.8. The van der Waals surface area contributed by atoms with Gasteiger partial charge in [0, 0.05) is 22.6 Å². The van der Waals surface area contributed by atoms with E-state index < -0.39 is 0 Å². The number of hydrogen-bond donors (Lipinski definition) is 0. The Morgan fingerprint density at radius 1 is 1.25 bits per heavy atom. The van der Waals surface area contributed by atoms with Crippen LogP contribution in [0.3, 0.4) is 0 Å². The van der Waals surface area contributed by atoms with E-state index in [0.29, 0.717) is 33.2 Å². The minimum absolute atomic E-state index is 0.00822. The van der Waals surface area contributed by atoms with Gasteiger partial charge in [-0.05, 0) is 62.1 Å². The largest absolute Gasteiger partial charge is 0.483 e. The minimum Gasteiger partial charge on any atom is -0.483 e. The maximum absolute atomic E-state index is 13.2. The summed E-state index contributed by atoms with van der Waals surface area (Å²) in [5.74, 6) is 0.549. The van der Waals surface area contributed by atoms with Crippen molar-refractivity contribution in [3.05, 3.63) is 63.0 Å². The molecule has 1 atom stereocenters. The van der Waals surface area contributed by atoms with Gasteiger partial charge in [-0.2, -0.15) is 0 Å². The van der Waals surface area contributed by atoms with Gasteiger partial charge >= 0.3 is 0 Å². The quantitative estimate of drug-likeness (QED) is 0.388. The zero-order valence-electron chi connectivity index (χ0n) is 17.9. The van der Waals surface area contributed by atoms with Crippen molar-refractivity contribution in [2.24, 2.45) is 0 Å². The van der Waals surface area contributed by atoms with Gasteiger partial charge in [0.05, 0.1) is 23.4 Å². The predicted molar refractivity (Wildman–Crippen MR) is 130 cm³/mol. The number of aryl methyl sites for hydroxylation is 2. The average Bonchev–Trinajstić information content (AvgIpc) is 3.44. The van der Waals surface area contributed by atoms with Crippen LogP contribution in [0.5, 0.6) is 5.75 Å². The lowest BCUT2D eigenvalue weighted by Gasteiger charge is -2.23. The Hall–Kier alpha value is -2.12. The van der Waals surface area contributed by atoms with Crippen LogP contribution in [0.4, 0.5) is 5.13 Å². The Morgan fingerprint density at radius 3 is 2.84 bits per heavy atom. The lowest BCUT2D eigenvalue weighted by Crippen LogP contribution is -2.40. The lowest BCUT2D eigenvalue weighted by atomic mass is 10.1. The molecule has 0 saturated carbocycles. The highest BCUT2D eigenvalue weighted by atomic mass is 35.5. The van der Waals surface area contributed by atoms with Crippen LogP contribution in [0.15, 0.2) is 41.8 Å². The molecule has 1 aliphatic heterocycles. The fraction of sp³-hybridized carbons (Fsp3) is 0.333. The Balaban J connectivity index is 1.55. The van der Waals surface area contributed by atoms with Crippen LogP contribution in [-0.2, 0) is 9.53 Å². The van der Waals surface area contributed by atoms with Gasteiger partial charge in [-0.1, -0.05) is 35.3 Å². The summed E-state index contributed by atoms with van der Waals surface area (Å²) in [4.78, 5) is 19.6. The van der Waals surface area contributed by atoms with Gasteiger partial charge in [-0.15, -0.1) is 11.3 Å². The molecule has 3 aromatic rings. The maximum Gasteiger partial charge on any atom is 0.266 e. The molecule has 1 amide bonds. The van der Waals surface area contributed by atoms with Crippen LogP contribution in [0.2, 0.25) is 10.0 Å². The van der Waals surface area contributed by atoms with Gasteiger partial charge in [0.15, 0.2) is 11.7 Å². The molecule has 1 saturated heterocycles. The third-order valence-electron chi connectivity index (χ3n) is 5.34. The van der Waals surface area contributed by atoms with Crippen molar-refractivity contribution in [3.63, 3.8) is 0 Å². The van der Waals surface area contributed by atoms with E-state index in [2.05, 4.69) is 0 Å². The van der Waals surface area contributed by atoms with Crippen LogP contribution in [0, 0.1) is 13.8 Å². The van der Waals surface area contributed by atoms with Crippen LogP contribution in [-0.4, -0.2) is 36.8 Å². The number of carbonyl (C=O) groups is 1. The standard InChI is InChI=1S/C24H24Cl2N2O3S/c1-15-5-6-16(2)22(10-15)31-13-23(29)28(12-18-4-3-9-30-18)24-27-21(14-32-24)19-8-7-17(25)11-20(19)26/h5-8,10-11,14,18H,3-4,9,12-13H2,1-2H3/t18-/m0/s1. The number of benzene rings is 2. The number of amides is 1. The highest BCUT2D eigenvalue weighted by molar-refractivity contribution is 7.14. The fourth-order valence-electron chi connectivity index (χ4n) is 3.57. The molecule has 1 fully saturated rings. The first kappa shape index (κ1) is 23.1. The molecule has 0 unspecified atom stereocenters. The van der Waals surface area contributed by atoms with E-state index in [-0.39, 0.29) is 18.6 Å². The van der Waals surface area contributed by atoms with Crippen molar-refractivity contribution in [1.29, 1.82) is 0 Å². The second kappa shape index (κ2) is 10.2. The highest BCUT2D eigenvalue weighted by Crippen LogP contribution is 2.34. The second-order valence-electron chi connectivity index (χ2n) is 7.84. The lowest BCUT2D eigenvalue weighted by molar-refractivity contribution is -0.120. The Morgan fingerprint density at radius 2 is 2.09 bits per heavy atom. The first-order valence-corrected chi connectivity index (χ1v) is 12.1. The van der Waals surface area contributed by atoms with E-state index in [1.54, 1.807) is 17.0 Å². The molecule has 1 aliphatic rings. The van der Waals surface area contributed by atoms with Crippen LogP contribution in [0.1, 0.15) is 24.0 Å². The smallest absolute Gasteiger partial charge is 0.266 e. The second-order valence-corrected chi connectivity index (χ2v) is 9.52. The van der Waals surface area contributed by atoms with Crippen LogP contribution in [0.25, 0.3) is 11.3 Å². The van der Waals surface area contributed by atoms with Crippen molar-refractivity contribution in [2.45, 2.75) is 32.8 Å². The summed E-state index contributed by atoms with van der Waals surface area (Å²) in [6.07, 6.45) is 1.91. The van der Waals surface area contributed by atoms with E-state index >= 15 is 0 Å². The maximum atomic E-state index is 13.2. The molecular formula is C24H24Cl2N2O3S. The number of rotatable bonds is 7. The van der Waals surface area contributed by atoms with E-state index in [1.807, 2.05) is 43.5 Å². The Bertz CT molecular complexity index is 1110. The summed E-state index contributed by atoms with van der Waals surface area (Å²) in [6, 6.07) is 11.2. The molecular weight excluding hydrogens is 467 g/mol. The number of anilines is 1. The topological polar surface area (TPSA) is 51.7 Å². The summed E-state index contributed by atoms with van der Waals surface area (Å²) in [5, 5.41) is 3.57. The van der Waals surface area contributed by atoms with E-state index in [1.165, 1.54) is 11.3 Å². The van der Waals surface area contributed by atoms with Gasteiger partial charge in [0.25, 0.3) is 5.91 Å². The van der Waals surface area contributed by atoms with Gasteiger partial charge in [0.1, 0.15) is 5.75 Å². The van der Waals surface area contributed by atoms with Crippen molar-refractivity contribution < 1.29 is 14.3 Å². The average molecular weight is 491 g/mol. The zero-order chi connectivity index (χ0) is 22.7. The Labute approximate surface area is 201 Å². The fourth-order valence-corrected chi connectivity index (χ4v) is 4.92. The number of ether oxygens (including phenoxy) is 2. The van der Waals surface area contributed by atoms with Crippen LogP contribution < -0.4 is 9.64 Å². The molecule has 0 radical (unpaired) electrons. The van der Waals surface area contributed by atoms with E-state index in [0.717, 1.165) is 36.1 Å². The SMILES string of the molecule is Cc1ccc(C)c(OCC(=O)N(C[C@@H]2CCCO2)c2nc(-c3ccc(Cl)cc3Cl)cs2)c1. The van der Waals surface area contributed by atoms with Crippen LogP contribution >= 0.6 is 34.5 Å². The van der Waals surface area contributed by atoms with Crippen molar-refractivity contribution >= 4 is 45.6 Å². The summed E-state index contributed by atoms with van der Waals surface area (Å²) < 4.78 is 11.7. The number of carbonyl (C=O) groups excluding carboxylic acids is 1. The Kier molecular flexibility index (Phi) is 7.36. The molecule has 2 heterocycles. The number of thiazole rings is 1. The number of aromatic nitrogens is 1. The zero-order valence-corrected chi connectivity index (χ0v) is 20.3. The predicted octanol–water partition coefficient (Wildman–Crippen LogP) is 6.32. The molecule has 2 aromatic carbocycles. The normalized spacial score (nSPS) is 15.7. The third kappa shape index (κ3) is 5.44. The third-order valence-corrected chi connectivity index (χ3v) is 6.75. The van der Waals surface area contributed by atoms with Gasteiger partial charge in [-0.25, -0.2) is 4.98 Å². The molecule has 32 heavy (non-hydrogen) atoms. The minimum atomic E-state index is -0.162. The van der Waals surface area contributed by atoms with Gasteiger partial charge in [0.2, 0.25) is 0 Å². The molecule has 168 valence electrons. The number of nitrogens with zero attached hydrogens (tertiary/aromatic N) is 2. The van der Waals surface area contributed by atoms with Crippen molar-refractivity contribution in [1.82, 2.24) is 4.98 Å². The van der Waals surface area contributed by atoms with E-state index in [4.69, 9.17) is 37.7 Å². The molecule has 0 spiro atoms. The number of hydrogen-bond acceptors (Lipinski definition) is 5. The molecule has 0 N–H and O–H groups in total. The monoisotopic (exact) mass is 490 g/mol. The molecule has 0 bridgehead atoms. The summed E-state index contributed by atoms with van der Waals surface area (Å²) in [7, 11) is 0. The highest BCUT2D eigenvalue weighted by Gasteiger charge is 2.26. The molecule has 8 heteroatoms. The molecule has 5 nitrogen and oxygen atoms in total. The van der Waals surface area contributed by atoms with Gasteiger partial charge < -0.3 is 9.47 Å². The molecule has 1 aromatic heterocycles. The molecule has 4 rings (SSSR count). The van der Waals surface area contributed by atoms with Crippen molar-refractivity contribution in [2.75, 3.05) is 24.7 Å². The summed E-state index contributed by atoms with van der Waals surface area (Å²) in [5.41, 5.74) is 3.55. The van der Waals surface area contributed by atoms with E-state index in [9.17, 15) is 4.79 Å². The first-order valence-electron chi connectivity index (χ1n) is 10.4. The number of halogens is 2.